The van der Waals surface area contributed by atoms with Crippen molar-refractivity contribution in [2.24, 2.45) is 7.05 Å². The van der Waals surface area contributed by atoms with Gasteiger partial charge in [-0.15, -0.1) is 0 Å². The lowest BCUT2D eigenvalue weighted by molar-refractivity contribution is 0.464. The van der Waals surface area contributed by atoms with E-state index in [1.807, 2.05) is 20.9 Å². The molecule has 7 heteroatoms. The summed E-state index contributed by atoms with van der Waals surface area (Å²) in [6.45, 7) is 5.52. The predicted octanol–water partition coefficient (Wildman–Crippen LogP) is 2.31. The Morgan fingerprint density at radius 3 is 2.41 bits per heavy atom. The maximum Gasteiger partial charge on any atom is 0.243 e. The van der Waals surface area contributed by atoms with Crippen LogP contribution in [0.5, 0.6) is 0 Å². The van der Waals surface area contributed by atoms with Gasteiger partial charge in [0.15, 0.2) is 0 Å². The van der Waals surface area contributed by atoms with Crippen LogP contribution >= 0.6 is 0 Å². The fourth-order valence-corrected chi connectivity index (χ4v) is 3.54. The van der Waals surface area contributed by atoms with E-state index in [0.717, 1.165) is 17.0 Å². The third kappa shape index (κ3) is 2.91. The van der Waals surface area contributed by atoms with Gasteiger partial charge in [0.05, 0.1) is 10.6 Å². The molecular weight excluding hydrogens is 305 g/mol. The fraction of sp³-hybridized carbons (Fsp3) is 0.400. The molecule has 0 bridgehead atoms. The van der Waals surface area contributed by atoms with Gasteiger partial charge < -0.3 is 0 Å². The summed E-state index contributed by atoms with van der Waals surface area (Å²) in [5.74, 6) is -0.416. The summed E-state index contributed by atoms with van der Waals surface area (Å²) >= 11 is 0. The van der Waals surface area contributed by atoms with Crippen LogP contribution in [-0.4, -0.2) is 29.6 Å². The second kappa shape index (κ2) is 5.81. The van der Waals surface area contributed by atoms with Gasteiger partial charge in [0.25, 0.3) is 0 Å². The van der Waals surface area contributed by atoms with Crippen molar-refractivity contribution in [3.05, 3.63) is 46.5 Å². The lowest BCUT2D eigenvalue weighted by atomic mass is 10.2. The average molecular weight is 325 g/mol. The molecule has 5 nitrogen and oxygen atoms in total. The number of sulfonamides is 1. The Morgan fingerprint density at radius 2 is 1.91 bits per heavy atom. The predicted molar refractivity (Wildman–Crippen MR) is 82.5 cm³/mol. The van der Waals surface area contributed by atoms with E-state index >= 15 is 0 Å². The van der Waals surface area contributed by atoms with Crippen LogP contribution in [0.3, 0.4) is 0 Å². The lowest BCUT2D eigenvalue weighted by Crippen LogP contribution is -2.27. The molecule has 0 fully saturated rings. The zero-order valence-corrected chi connectivity index (χ0v) is 14.2. The van der Waals surface area contributed by atoms with Gasteiger partial charge in [-0.05, 0) is 44.5 Å². The fourth-order valence-electron chi connectivity index (χ4n) is 2.31. The molecule has 0 aliphatic carbocycles. The van der Waals surface area contributed by atoms with Gasteiger partial charge in [0.2, 0.25) is 10.0 Å². The summed E-state index contributed by atoms with van der Waals surface area (Å²) in [5.41, 5.74) is 2.92. The Labute approximate surface area is 130 Å². The quantitative estimate of drug-likeness (QED) is 0.867. The van der Waals surface area contributed by atoms with Crippen LogP contribution in [0.15, 0.2) is 23.1 Å². The zero-order chi connectivity index (χ0) is 16.7. The molecule has 0 atom stereocenters. The summed E-state index contributed by atoms with van der Waals surface area (Å²) < 4.78 is 41.5. The molecule has 0 radical (unpaired) electrons. The minimum absolute atomic E-state index is 0.0908. The monoisotopic (exact) mass is 325 g/mol. The van der Waals surface area contributed by atoms with Crippen molar-refractivity contribution in [1.29, 1.82) is 0 Å². The molecule has 0 saturated carbocycles. The first-order valence-corrected chi connectivity index (χ1v) is 8.30. The molecule has 0 spiro atoms. The Bertz CT molecular complexity index is 812. The average Bonchev–Trinajstić information content (AvgIpc) is 2.68. The summed E-state index contributed by atoms with van der Waals surface area (Å²) in [6.07, 6.45) is 0. The highest BCUT2D eigenvalue weighted by atomic mass is 32.2. The second-order valence-corrected chi connectivity index (χ2v) is 7.49. The number of halogens is 1. The van der Waals surface area contributed by atoms with Crippen LogP contribution in [0.1, 0.15) is 22.5 Å². The molecule has 0 N–H and O–H groups in total. The van der Waals surface area contributed by atoms with Crippen LogP contribution in [0.2, 0.25) is 0 Å². The Balaban J connectivity index is 2.35. The number of rotatable bonds is 4. The smallest absolute Gasteiger partial charge is 0.243 e. The standard InChI is InChI=1S/C15H20FN3O2S/c1-10-8-13(6-7-15(10)16)22(20,21)18(4)9-14-11(2)17-19(5)12(14)3/h6-8H,9H2,1-5H3. The van der Waals surface area contributed by atoms with Crippen molar-refractivity contribution in [2.45, 2.75) is 32.2 Å². The van der Waals surface area contributed by atoms with Gasteiger partial charge in [-0.25, -0.2) is 12.8 Å². The van der Waals surface area contributed by atoms with E-state index in [1.54, 1.807) is 11.6 Å². The summed E-state index contributed by atoms with van der Waals surface area (Å²) in [4.78, 5) is 0.0908. The molecule has 120 valence electrons. The maximum absolute atomic E-state index is 13.3. The van der Waals surface area contributed by atoms with Gasteiger partial charge in [0.1, 0.15) is 5.82 Å². The molecule has 0 unspecified atom stereocenters. The van der Waals surface area contributed by atoms with Crippen molar-refractivity contribution in [1.82, 2.24) is 14.1 Å². The van der Waals surface area contributed by atoms with Gasteiger partial charge in [0, 0.05) is 31.9 Å². The summed E-state index contributed by atoms with van der Waals surface area (Å²) in [5, 5.41) is 4.29. The normalized spacial score (nSPS) is 12.1. The van der Waals surface area contributed by atoms with Crippen LogP contribution in [0.4, 0.5) is 4.39 Å². The molecule has 2 aromatic rings. The highest BCUT2D eigenvalue weighted by molar-refractivity contribution is 7.89. The molecule has 0 aliphatic rings. The first kappa shape index (κ1) is 16.6. The molecular formula is C15H20FN3O2S. The molecule has 22 heavy (non-hydrogen) atoms. The van der Waals surface area contributed by atoms with Crippen molar-refractivity contribution < 1.29 is 12.8 Å². The highest BCUT2D eigenvalue weighted by Crippen LogP contribution is 2.21. The van der Waals surface area contributed by atoms with Gasteiger partial charge in [-0.1, -0.05) is 0 Å². The maximum atomic E-state index is 13.3. The molecule has 0 aliphatic heterocycles. The molecule has 1 aromatic carbocycles. The topological polar surface area (TPSA) is 55.2 Å². The van der Waals surface area contributed by atoms with E-state index in [4.69, 9.17) is 0 Å². The number of benzene rings is 1. The third-order valence-corrected chi connectivity index (χ3v) is 5.68. The molecule has 0 amide bonds. The first-order chi connectivity index (χ1) is 10.1. The van der Waals surface area contributed by atoms with E-state index in [9.17, 15) is 12.8 Å². The molecule has 1 heterocycles. The first-order valence-electron chi connectivity index (χ1n) is 6.86. The Hall–Kier alpha value is -1.73. The van der Waals surface area contributed by atoms with E-state index in [2.05, 4.69) is 5.10 Å². The molecule has 2 rings (SSSR count). The van der Waals surface area contributed by atoms with Gasteiger partial charge in [-0.2, -0.15) is 9.40 Å². The largest absolute Gasteiger partial charge is 0.272 e. The summed E-state index contributed by atoms with van der Waals surface area (Å²) in [7, 11) is -0.334. The molecule has 0 saturated heterocycles. The highest BCUT2D eigenvalue weighted by Gasteiger charge is 2.23. The van der Waals surface area contributed by atoms with E-state index in [-0.39, 0.29) is 11.4 Å². The van der Waals surface area contributed by atoms with Gasteiger partial charge in [-0.3, -0.25) is 4.68 Å². The van der Waals surface area contributed by atoms with Crippen molar-refractivity contribution >= 4 is 10.0 Å². The van der Waals surface area contributed by atoms with E-state index in [1.165, 1.54) is 29.6 Å². The number of hydrogen-bond acceptors (Lipinski definition) is 3. The SMILES string of the molecule is Cc1cc(S(=O)(=O)N(C)Cc2c(C)nn(C)c2C)ccc1F. The minimum atomic E-state index is -3.67. The van der Waals surface area contributed by atoms with Crippen molar-refractivity contribution in [2.75, 3.05) is 7.05 Å². The zero-order valence-electron chi connectivity index (χ0n) is 13.4. The lowest BCUT2D eigenvalue weighted by Gasteiger charge is -2.18. The van der Waals surface area contributed by atoms with E-state index < -0.39 is 15.8 Å². The van der Waals surface area contributed by atoms with Crippen LogP contribution in [0.25, 0.3) is 0 Å². The number of aryl methyl sites for hydroxylation is 3. The van der Waals surface area contributed by atoms with Crippen LogP contribution in [-0.2, 0) is 23.6 Å². The van der Waals surface area contributed by atoms with Gasteiger partial charge >= 0.3 is 0 Å². The summed E-state index contributed by atoms with van der Waals surface area (Å²) in [6, 6.07) is 3.82. The van der Waals surface area contributed by atoms with Crippen LogP contribution < -0.4 is 0 Å². The minimum Gasteiger partial charge on any atom is -0.272 e. The second-order valence-electron chi connectivity index (χ2n) is 5.45. The number of hydrogen-bond donors (Lipinski definition) is 0. The van der Waals surface area contributed by atoms with E-state index in [0.29, 0.717) is 5.56 Å². The van der Waals surface area contributed by atoms with Crippen molar-refractivity contribution in [3.63, 3.8) is 0 Å². The third-order valence-electron chi connectivity index (χ3n) is 3.88. The number of nitrogens with zero attached hydrogens (tertiary/aromatic N) is 3. The Kier molecular flexibility index (Phi) is 4.39. The van der Waals surface area contributed by atoms with Crippen molar-refractivity contribution in [3.8, 4) is 0 Å². The number of aromatic nitrogens is 2. The molecule has 1 aromatic heterocycles. The Morgan fingerprint density at radius 1 is 1.27 bits per heavy atom. The van der Waals surface area contributed by atoms with Crippen LogP contribution in [0, 0.1) is 26.6 Å².